The molecule has 0 bridgehead atoms. The van der Waals surface area contributed by atoms with E-state index < -0.39 is 17.4 Å². The van der Waals surface area contributed by atoms with E-state index in [4.69, 9.17) is 0 Å². The molecule has 0 fully saturated rings. The van der Waals surface area contributed by atoms with Crippen LogP contribution < -0.4 is 0 Å². The van der Waals surface area contributed by atoms with E-state index in [0.717, 1.165) is 19.3 Å². The van der Waals surface area contributed by atoms with E-state index in [1.54, 1.807) is 30.3 Å². The molecule has 1 aromatic rings. The summed E-state index contributed by atoms with van der Waals surface area (Å²) in [6.07, 6.45) is 3.59. The minimum atomic E-state index is -1.82. The van der Waals surface area contributed by atoms with Crippen LogP contribution in [0.4, 0.5) is 0 Å². The second-order valence-electron chi connectivity index (χ2n) is 4.69. The molecule has 1 aromatic carbocycles. The van der Waals surface area contributed by atoms with E-state index in [1.165, 1.54) is 0 Å². The third-order valence-corrected chi connectivity index (χ3v) is 3.40. The topological polar surface area (TPSA) is 74.6 Å². The number of aliphatic carboxylic acids is 2. The van der Waals surface area contributed by atoms with Gasteiger partial charge in [0.1, 0.15) is 0 Å². The van der Waals surface area contributed by atoms with Gasteiger partial charge in [0.2, 0.25) is 0 Å². The number of benzene rings is 1. The second kappa shape index (κ2) is 9.63. The Bertz CT molecular complexity index is 417. The van der Waals surface area contributed by atoms with Gasteiger partial charge in [0, 0.05) is 0 Å². The van der Waals surface area contributed by atoms with E-state index in [2.05, 4.69) is 6.92 Å². The van der Waals surface area contributed by atoms with Crippen LogP contribution in [0.25, 0.3) is 0 Å². The summed E-state index contributed by atoms with van der Waals surface area (Å²) in [5, 5.41) is 18.8. The Morgan fingerprint density at radius 1 is 1.00 bits per heavy atom. The zero-order chi connectivity index (χ0) is 14.3. The Morgan fingerprint density at radius 2 is 1.55 bits per heavy atom. The van der Waals surface area contributed by atoms with Gasteiger partial charge < -0.3 is 10.2 Å². The van der Waals surface area contributed by atoms with Gasteiger partial charge in [-0.1, -0.05) is 62.9 Å². The van der Waals surface area contributed by atoms with Crippen LogP contribution in [0.5, 0.6) is 0 Å². The van der Waals surface area contributed by atoms with Crippen molar-refractivity contribution < 1.29 is 19.8 Å². The first-order valence-corrected chi connectivity index (χ1v) is 6.58. The molecule has 0 aliphatic carbocycles. The number of unbranched alkanes of at least 4 members (excludes halogenated alkanes) is 3. The molecule has 5 heteroatoms. The first kappa shape index (κ1) is 19.7. The van der Waals surface area contributed by atoms with Crippen molar-refractivity contribution in [2.24, 2.45) is 0 Å². The molecule has 0 saturated carbocycles. The number of rotatable bonds is 8. The predicted molar refractivity (Wildman–Crippen MR) is 80.7 cm³/mol. The van der Waals surface area contributed by atoms with Gasteiger partial charge in [0.15, 0.2) is 5.41 Å². The summed E-state index contributed by atoms with van der Waals surface area (Å²) < 4.78 is 0. The van der Waals surface area contributed by atoms with Crippen LogP contribution in [0.15, 0.2) is 30.3 Å². The van der Waals surface area contributed by atoms with Gasteiger partial charge >= 0.3 is 60.8 Å². The molecule has 0 aliphatic heterocycles. The molecule has 0 spiro atoms. The van der Waals surface area contributed by atoms with E-state index in [-0.39, 0.29) is 55.3 Å². The Labute approximate surface area is 159 Å². The summed E-state index contributed by atoms with van der Waals surface area (Å²) in [6, 6.07) is 8.23. The Balaban J connectivity index is 0.00000361. The summed E-state index contributed by atoms with van der Waals surface area (Å²) in [4.78, 5) is 23.1. The molecule has 0 heterocycles. The molecule has 0 atom stereocenters. The van der Waals surface area contributed by atoms with E-state index >= 15 is 0 Å². The molecule has 20 heavy (non-hydrogen) atoms. The predicted octanol–water partition coefficient (Wildman–Crippen LogP) is 2.15. The van der Waals surface area contributed by atoms with Gasteiger partial charge in [0.05, 0.1) is 0 Å². The van der Waals surface area contributed by atoms with Gasteiger partial charge in [-0.25, -0.2) is 0 Å². The van der Waals surface area contributed by atoms with E-state index in [0.29, 0.717) is 12.0 Å². The van der Waals surface area contributed by atoms with Gasteiger partial charge in [0.25, 0.3) is 0 Å². The van der Waals surface area contributed by atoms with Crippen molar-refractivity contribution in [2.75, 3.05) is 0 Å². The number of carbonyl (C=O) groups is 2. The summed E-state index contributed by atoms with van der Waals surface area (Å²) in [7, 11) is 0. The van der Waals surface area contributed by atoms with Crippen LogP contribution in [0, 0.1) is 0 Å². The van der Waals surface area contributed by atoms with Crippen molar-refractivity contribution in [3.63, 3.8) is 0 Å². The Morgan fingerprint density at radius 3 is 2.00 bits per heavy atom. The molecular weight excluding hydrogens is 381 g/mol. The van der Waals surface area contributed by atoms with Crippen molar-refractivity contribution >= 4 is 60.8 Å². The molecule has 0 aromatic heterocycles. The first-order valence-electron chi connectivity index (χ1n) is 6.58. The van der Waals surface area contributed by atoms with Crippen molar-refractivity contribution in [1.82, 2.24) is 0 Å². The van der Waals surface area contributed by atoms with Gasteiger partial charge in [-0.05, 0) is 12.0 Å². The molecule has 0 radical (unpaired) electrons. The SMILES string of the molecule is CCCCCCC(C(=O)O)(C(=O)O)c1ccccc1.[BaH2]. The molecular formula is C15H22BaO4. The summed E-state index contributed by atoms with van der Waals surface area (Å²) in [5.74, 6) is -2.58. The van der Waals surface area contributed by atoms with Crippen LogP contribution in [-0.4, -0.2) is 71.0 Å². The van der Waals surface area contributed by atoms with Gasteiger partial charge in [-0.2, -0.15) is 0 Å². The van der Waals surface area contributed by atoms with Crippen molar-refractivity contribution in [1.29, 1.82) is 0 Å². The minimum absolute atomic E-state index is 0. The third kappa shape index (κ3) is 4.63. The number of carboxylic acids is 2. The quantitative estimate of drug-likeness (QED) is 0.396. The van der Waals surface area contributed by atoms with Crippen LogP contribution >= 0.6 is 0 Å². The fraction of sp³-hybridized carbons (Fsp3) is 0.467. The number of hydrogen-bond donors (Lipinski definition) is 2. The Hall–Kier alpha value is -0.269. The van der Waals surface area contributed by atoms with Gasteiger partial charge in [-0.3, -0.25) is 9.59 Å². The standard InChI is InChI=1S/C15H20O4.Ba.2H/c1-2-3-4-8-11-15(13(16)17,14(18)19)12-9-6-5-7-10-12;;;/h5-7,9-10H,2-4,8,11H2,1H3,(H,16,17)(H,18,19);;;. The normalized spacial score (nSPS) is 10.7. The van der Waals surface area contributed by atoms with Crippen LogP contribution in [0.3, 0.4) is 0 Å². The molecule has 2 N–H and O–H groups in total. The van der Waals surface area contributed by atoms with E-state index in [1.807, 2.05) is 0 Å². The summed E-state index contributed by atoms with van der Waals surface area (Å²) >= 11 is 0. The molecule has 1 rings (SSSR count). The van der Waals surface area contributed by atoms with E-state index in [9.17, 15) is 19.8 Å². The average molecular weight is 404 g/mol. The maximum atomic E-state index is 11.5. The third-order valence-electron chi connectivity index (χ3n) is 3.40. The molecule has 0 unspecified atom stereocenters. The zero-order valence-electron chi connectivity index (χ0n) is 11.1. The average Bonchev–Trinajstić information content (AvgIpc) is 2.39. The zero-order valence-corrected chi connectivity index (χ0v) is 11.1. The van der Waals surface area contributed by atoms with Crippen LogP contribution in [0.1, 0.15) is 44.6 Å². The summed E-state index contributed by atoms with van der Waals surface area (Å²) in [6.45, 7) is 2.05. The number of carboxylic acid groups (broad SMARTS) is 2. The molecule has 0 aliphatic rings. The van der Waals surface area contributed by atoms with Crippen LogP contribution in [-0.2, 0) is 15.0 Å². The van der Waals surface area contributed by atoms with Crippen molar-refractivity contribution in [2.45, 2.75) is 44.4 Å². The van der Waals surface area contributed by atoms with Crippen molar-refractivity contribution in [3.05, 3.63) is 35.9 Å². The monoisotopic (exact) mass is 404 g/mol. The molecule has 108 valence electrons. The number of hydrogen-bond acceptors (Lipinski definition) is 2. The van der Waals surface area contributed by atoms with Gasteiger partial charge in [-0.15, -0.1) is 0 Å². The fourth-order valence-corrected chi connectivity index (χ4v) is 2.24. The second-order valence-corrected chi connectivity index (χ2v) is 4.69. The first-order chi connectivity index (χ1) is 9.05. The Kier molecular flexibility index (Phi) is 9.50. The molecule has 0 saturated heterocycles. The maximum absolute atomic E-state index is 11.5. The summed E-state index contributed by atoms with van der Waals surface area (Å²) in [5.41, 5.74) is -1.49. The molecule has 0 amide bonds. The fourth-order valence-electron chi connectivity index (χ4n) is 2.24. The van der Waals surface area contributed by atoms with Crippen molar-refractivity contribution in [3.8, 4) is 0 Å². The van der Waals surface area contributed by atoms with Crippen LogP contribution in [0.2, 0.25) is 0 Å². The molecule has 4 nitrogen and oxygen atoms in total.